The molecule has 0 atom stereocenters. The van der Waals surface area contributed by atoms with Crippen LogP contribution in [0.4, 0.5) is 32.0 Å². The minimum atomic E-state index is -5.67. The summed E-state index contributed by atoms with van der Waals surface area (Å²) in [6.45, 7) is 0. The topological polar surface area (TPSA) is 64.4 Å². The zero-order valence-electron chi connectivity index (χ0n) is 10.5. The number of nitrogen functional groups attached to an aromatic ring is 1. The van der Waals surface area contributed by atoms with Gasteiger partial charge in [-0.1, -0.05) is 0 Å². The van der Waals surface area contributed by atoms with E-state index in [4.69, 9.17) is 5.73 Å². The number of nitrogens with one attached hydrogen (secondary N) is 1. The van der Waals surface area contributed by atoms with Crippen LogP contribution in [0.3, 0.4) is 0 Å². The molecular weight excluding hydrogens is 306 g/mol. The first kappa shape index (κ1) is 16.9. The van der Waals surface area contributed by atoms with E-state index in [0.29, 0.717) is 6.07 Å². The van der Waals surface area contributed by atoms with Gasteiger partial charge in [-0.2, -0.15) is 26.3 Å². The van der Waals surface area contributed by atoms with Gasteiger partial charge in [0.05, 0.1) is 5.69 Å². The van der Waals surface area contributed by atoms with Crippen LogP contribution in [-0.4, -0.2) is 31.4 Å². The Morgan fingerprint density at radius 3 is 2.14 bits per heavy atom. The molecule has 0 radical (unpaired) electrons. The van der Waals surface area contributed by atoms with Crippen molar-refractivity contribution < 1.29 is 35.9 Å². The molecule has 0 spiro atoms. The minimum absolute atomic E-state index is 0.190. The highest BCUT2D eigenvalue weighted by atomic mass is 19.4. The van der Waals surface area contributed by atoms with Crippen LogP contribution < -0.4 is 15.8 Å². The molecule has 0 saturated heterocycles. The Labute approximate surface area is 114 Å². The zero-order chi connectivity index (χ0) is 16.4. The average molecular weight is 316 g/mol. The van der Waals surface area contributed by atoms with Gasteiger partial charge in [0.15, 0.2) is 0 Å². The van der Waals surface area contributed by atoms with E-state index in [9.17, 15) is 31.1 Å². The largest absolute Gasteiger partial charge is 0.469 e. The molecule has 10 heteroatoms. The van der Waals surface area contributed by atoms with E-state index >= 15 is 0 Å². The molecule has 0 saturated carbocycles. The van der Waals surface area contributed by atoms with Crippen molar-refractivity contribution in [3.8, 4) is 5.75 Å². The fourth-order valence-electron chi connectivity index (χ4n) is 1.37. The Morgan fingerprint density at radius 2 is 1.71 bits per heavy atom. The Balaban J connectivity index is 3.18. The maximum atomic E-state index is 12.4. The van der Waals surface area contributed by atoms with E-state index in [1.54, 1.807) is 0 Å². The number of carbonyl (C=O) groups excluding carboxylic acids is 1. The lowest BCUT2D eigenvalue weighted by Gasteiger charge is -2.24. The molecule has 0 aliphatic carbocycles. The second-order valence-corrected chi connectivity index (χ2v) is 3.91. The van der Waals surface area contributed by atoms with Crippen molar-refractivity contribution in [2.24, 2.45) is 0 Å². The summed E-state index contributed by atoms with van der Waals surface area (Å²) in [6, 6.07) is 2.82. The maximum Gasteiger partial charge on any atom is 0.434 e. The van der Waals surface area contributed by atoms with Gasteiger partial charge in [0.25, 0.3) is 12.0 Å². The lowest BCUT2D eigenvalue weighted by Crippen LogP contribution is -2.46. The Kier molecular flexibility index (Phi) is 4.59. The van der Waals surface area contributed by atoms with E-state index in [-0.39, 0.29) is 5.56 Å². The first-order valence-corrected chi connectivity index (χ1v) is 5.38. The highest BCUT2D eigenvalue weighted by Gasteiger charge is 2.59. The van der Waals surface area contributed by atoms with Gasteiger partial charge < -0.3 is 15.8 Å². The smallest absolute Gasteiger partial charge is 0.434 e. The van der Waals surface area contributed by atoms with Gasteiger partial charge in [-0.3, -0.25) is 4.79 Å². The number of carbonyl (C=O) groups is 1. The van der Waals surface area contributed by atoms with E-state index in [0.717, 1.165) is 12.1 Å². The average Bonchev–Trinajstić information content (AvgIpc) is 2.33. The fraction of sp³-hybridized carbons (Fsp3) is 0.364. The number of rotatable bonds is 3. The summed E-state index contributed by atoms with van der Waals surface area (Å²) in [6.07, 6.45) is -15.4. The number of benzene rings is 1. The highest BCUT2D eigenvalue weighted by Crippen LogP contribution is 2.38. The summed E-state index contributed by atoms with van der Waals surface area (Å²) in [5.41, 5.74) is 4.63. The molecule has 0 bridgehead atoms. The number of alkyl halides is 6. The third-order valence-electron chi connectivity index (χ3n) is 2.34. The van der Waals surface area contributed by atoms with Gasteiger partial charge in [-0.25, -0.2) is 0 Å². The number of nitrogens with two attached hydrogens (primary N) is 1. The SMILES string of the molecule is CNC(=O)c1ccc(N)c(OC(C(F)(F)F)C(F)(F)F)c1. The number of hydrogen-bond donors (Lipinski definition) is 2. The van der Waals surface area contributed by atoms with Crippen molar-refractivity contribution in [3.05, 3.63) is 23.8 Å². The number of hydrogen-bond acceptors (Lipinski definition) is 3. The standard InChI is InChI=1S/C11H10F6N2O2/c1-19-8(20)5-2-3-6(18)7(4-5)21-9(10(12,13)14)11(15,16)17/h2-4,9H,18H2,1H3,(H,19,20). The normalized spacial score (nSPS) is 12.4. The predicted octanol–water partition coefficient (Wildman–Crippen LogP) is 2.50. The third-order valence-corrected chi connectivity index (χ3v) is 2.34. The molecule has 0 heterocycles. The van der Waals surface area contributed by atoms with Gasteiger partial charge in [-0.05, 0) is 18.2 Å². The van der Waals surface area contributed by atoms with Crippen molar-refractivity contribution in [3.63, 3.8) is 0 Å². The Bertz CT molecular complexity index is 512. The van der Waals surface area contributed by atoms with Crippen molar-refractivity contribution in [1.82, 2.24) is 5.32 Å². The zero-order valence-corrected chi connectivity index (χ0v) is 10.5. The number of ether oxygens (including phenoxy) is 1. The Morgan fingerprint density at radius 1 is 1.19 bits per heavy atom. The minimum Gasteiger partial charge on any atom is -0.469 e. The van der Waals surface area contributed by atoms with Crippen LogP contribution in [0.25, 0.3) is 0 Å². The lowest BCUT2D eigenvalue weighted by atomic mass is 10.1. The second-order valence-electron chi connectivity index (χ2n) is 3.91. The molecule has 4 nitrogen and oxygen atoms in total. The van der Waals surface area contributed by atoms with Crippen LogP contribution >= 0.6 is 0 Å². The van der Waals surface area contributed by atoms with Crippen LogP contribution in [-0.2, 0) is 0 Å². The van der Waals surface area contributed by atoms with E-state index in [1.807, 2.05) is 0 Å². The van der Waals surface area contributed by atoms with Crippen LogP contribution in [0.15, 0.2) is 18.2 Å². The lowest BCUT2D eigenvalue weighted by molar-refractivity contribution is -0.299. The summed E-state index contributed by atoms with van der Waals surface area (Å²) in [4.78, 5) is 11.3. The summed E-state index contributed by atoms with van der Waals surface area (Å²) in [5.74, 6) is -1.59. The highest BCUT2D eigenvalue weighted by molar-refractivity contribution is 5.95. The summed E-state index contributed by atoms with van der Waals surface area (Å²) in [5, 5.41) is 2.16. The number of amides is 1. The molecule has 0 unspecified atom stereocenters. The van der Waals surface area contributed by atoms with Crippen LogP contribution in [0.1, 0.15) is 10.4 Å². The van der Waals surface area contributed by atoms with Gasteiger partial charge in [-0.15, -0.1) is 0 Å². The molecule has 21 heavy (non-hydrogen) atoms. The van der Waals surface area contributed by atoms with Crippen LogP contribution in [0.5, 0.6) is 5.75 Å². The number of halogens is 6. The van der Waals surface area contributed by atoms with Crippen molar-refractivity contribution >= 4 is 11.6 Å². The first-order valence-electron chi connectivity index (χ1n) is 5.38. The van der Waals surface area contributed by atoms with Gasteiger partial charge in [0.2, 0.25) is 0 Å². The summed E-state index contributed by atoms with van der Waals surface area (Å²) < 4.78 is 78.3. The summed E-state index contributed by atoms with van der Waals surface area (Å²) in [7, 11) is 1.24. The Hall–Kier alpha value is -2.13. The monoisotopic (exact) mass is 316 g/mol. The van der Waals surface area contributed by atoms with Gasteiger partial charge in [0.1, 0.15) is 5.75 Å². The molecule has 1 aromatic carbocycles. The maximum absolute atomic E-state index is 12.4. The van der Waals surface area contributed by atoms with Gasteiger partial charge in [0, 0.05) is 12.6 Å². The fourth-order valence-corrected chi connectivity index (χ4v) is 1.37. The van der Waals surface area contributed by atoms with E-state index < -0.39 is 35.8 Å². The molecule has 1 rings (SSSR count). The second kappa shape index (κ2) is 5.70. The predicted molar refractivity (Wildman–Crippen MR) is 60.8 cm³/mol. The van der Waals surface area contributed by atoms with Crippen molar-refractivity contribution in [2.45, 2.75) is 18.5 Å². The molecule has 0 aromatic heterocycles. The van der Waals surface area contributed by atoms with Crippen molar-refractivity contribution in [1.29, 1.82) is 0 Å². The molecule has 0 aliphatic heterocycles. The molecule has 1 amide bonds. The summed E-state index contributed by atoms with van der Waals surface area (Å²) >= 11 is 0. The van der Waals surface area contributed by atoms with Crippen molar-refractivity contribution in [2.75, 3.05) is 12.8 Å². The van der Waals surface area contributed by atoms with E-state index in [2.05, 4.69) is 10.1 Å². The molecule has 0 aliphatic rings. The third kappa shape index (κ3) is 4.17. The quantitative estimate of drug-likeness (QED) is 0.665. The molecule has 118 valence electrons. The van der Waals surface area contributed by atoms with Gasteiger partial charge >= 0.3 is 12.4 Å². The molecule has 1 aromatic rings. The van der Waals surface area contributed by atoms with Crippen LogP contribution in [0, 0.1) is 0 Å². The first-order chi connectivity index (χ1) is 9.46. The molecule has 0 fully saturated rings. The number of anilines is 1. The molecule has 3 N–H and O–H groups in total. The van der Waals surface area contributed by atoms with Crippen LogP contribution in [0.2, 0.25) is 0 Å². The molecular formula is C11H10F6N2O2. The van der Waals surface area contributed by atoms with E-state index in [1.165, 1.54) is 7.05 Å².